The molecule has 2 aromatic carbocycles. The van der Waals surface area contributed by atoms with Gasteiger partial charge in [-0.1, -0.05) is 24.3 Å². The number of hydrogen-bond donors (Lipinski definition) is 4. The quantitative estimate of drug-likeness (QED) is 0.668. The fourth-order valence-electron chi connectivity index (χ4n) is 3.00. The standard InChI is InChI=1S/C20H24N4O2/c1-14-5-2-7-16(11-14)23-20(26)24-17-8-3-6-15(12-17)13-22-19(25)18-9-4-10-21-18/h2-3,5-8,11-12,18,21H,4,9-10,13H2,1H3,(H,22,25)(H2,23,24,26). The van der Waals surface area contributed by atoms with Crippen molar-refractivity contribution >= 4 is 23.3 Å². The lowest BCUT2D eigenvalue weighted by Crippen LogP contribution is -2.40. The largest absolute Gasteiger partial charge is 0.351 e. The molecule has 3 rings (SSSR count). The molecule has 2 aromatic rings. The van der Waals surface area contributed by atoms with Gasteiger partial charge in [-0.25, -0.2) is 4.79 Å². The summed E-state index contributed by atoms with van der Waals surface area (Å²) in [6.07, 6.45) is 1.92. The van der Waals surface area contributed by atoms with Crippen LogP contribution in [0.1, 0.15) is 24.0 Å². The lowest BCUT2D eigenvalue weighted by Gasteiger charge is -2.12. The van der Waals surface area contributed by atoms with Gasteiger partial charge in [-0.3, -0.25) is 4.79 Å². The zero-order valence-electron chi connectivity index (χ0n) is 14.8. The molecule has 0 aliphatic carbocycles. The van der Waals surface area contributed by atoms with Crippen LogP contribution in [0, 0.1) is 6.92 Å². The minimum absolute atomic E-state index is 0.0260. The number of nitrogens with one attached hydrogen (secondary N) is 4. The third kappa shape index (κ3) is 5.07. The van der Waals surface area contributed by atoms with Crippen LogP contribution in [0.4, 0.5) is 16.2 Å². The van der Waals surface area contributed by atoms with Crippen LogP contribution in [0.2, 0.25) is 0 Å². The Labute approximate surface area is 153 Å². The third-order valence-electron chi connectivity index (χ3n) is 4.30. The first-order chi connectivity index (χ1) is 12.6. The SMILES string of the molecule is Cc1cccc(NC(=O)Nc2cccc(CNC(=O)C3CCCN3)c2)c1. The second kappa shape index (κ2) is 8.49. The van der Waals surface area contributed by atoms with E-state index in [2.05, 4.69) is 21.3 Å². The monoisotopic (exact) mass is 352 g/mol. The fraction of sp³-hybridized carbons (Fsp3) is 0.300. The third-order valence-corrected chi connectivity index (χ3v) is 4.30. The number of carbonyl (C=O) groups is 2. The van der Waals surface area contributed by atoms with Crippen LogP contribution in [0.25, 0.3) is 0 Å². The van der Waals surface area contributed by atoms with Crippen LogP contribution < -0.4 is 21.3 Å². The van der Waals surface area contributed by atoms with Gasteiger partial charge >= 0.3 is 6.03 Å². The predicted octanol–water partition coefficient (Wildman–Crippen LogP) is 3.01. The van der Waals surface area contributed by atoms with Crippen molar-refractivity contribution in [2.45, 2.75) is 32.4 Å². The molecule has 1 heterocycles. The topological polar surface area (TPSA) is 82.3 Å². The van der Waals surface area contributed by atoms with Gasteiger partial charge in [-0.15, -0.1) is 0 Å². The second-order valence-corrected chi connectivity index (χ2v) is 6.52. The minimum atomic E-state index is -0.299. The van der Waals surface area contributed by atoms with Crippen molar-refractivity contribution in [1.82, 2.24) is 10.6 Å². The van der Waals surface area contributed by atoms with Crippen molar-refractivity contribution in [2.75, 3.05) is 17.2 Å². The normalized spacial score (nSPS) is 16.1. The van der Waals surface area contributed by atoms with Crippen molar-refractivity contribution in [2.24, 2.45) is 0 Å². The molecule has 0 bridgehead atoms. The van der Waals surface area contributed by atoms with Crippen LogP contribution in [0.3, 0.4) is 0 Å². The summed E-state index contributed by atoms with van der Waals surface area (Å²) in [7, 11) is 0. The molecule has 26 heavy (non-hydrogen) atoms. The van der Waals surface area contributed by atoms with E-state index in [1.54, 1.807) is 0 Å². The Balaban J connectivity index is 1.53. The Morgan fingerprint density at radius 2 is 1.81 bits per heavy atom. The minimum Gasteiger partial charge on any atom is -0.351 e. The molecular formula is C20H24N4O2. The molecule has 0 radical (unpaired) electrons. The van der Waals surface area contributed by atoms with Crippen LogP contribution in [0.5, 0.6) is 0 Å². The number of benzene rings is 2. The van der Waals surface area contributed by atoms with E-state index in [9.17, 15) is 9.59 Å². The molecule has 6 heteroatoms. The summed E-state index contributed by atoms with van der Waals surface area (Å²) < 4.78 is 0. The number of anilines is 2. The Hall–Kier alpha value is -2.86. The van der Waals surface area contributed by atoms with Crippen molar-refractivity contribution in [3.8, 4) is 0 Å². The van der Waals surface area contributed by atoms with Gasteiger partial charge in [0, 0.05) is 17.9 Å². The molecule has 1 saturated heterocycles. The summed E-state index contributed by atoms with van der Waals surface area (Å²) in [6, 6.07) is 14.7. The summed E-state index contributed by atoms with van der Waals surface area (Å²) >= 11 is 0. The average Bonchev–Trinajstić information content (AvgIpc) is 3.14. The summed E-state index contributed by atoms with van der Waals surface area (Å²) in [5.41, 5.74) is 3.44. The first-order valence-corrected chi connectivity index (χ1v) is 8.85. The van der Waals surface area contributed by atoms with Gasteiger partial charge in [-0.2, -0.15) is 0 Å². The van der Waals surface area contributed by atoms with E-state index >= 15 is 0 Å². The number of hydrogen-bond acceptors (Lipinski definition) is 3. The fourth-order valence-corrected chi connectivity index (χ4v) is 3.00. The first-order valence-electron chi connectivity index (χ1n) is 8.85. The number of carbonyl (C=O) groups excluding carboxylic acids is 2. The van der Waals surface area contributed by atoms with Crippen molar-refractivity contribution in [3.05, 3.63) is 59.7 Å². The lowest BCUT2D eigenvalue weighted by molar-refractivity contribution is -0.122. The zero-order valence-corrected chi connectivity index (χ0v) is 14.8. The molecule has 0 saturated carbocycles. The van der Waals surface area contributed by atoms with Crippen molar-refractivity contribution < 1.29 is 9.59 Å². The highest BCUT2D eigenvalue weighted by Gasteiger charge is 2.21. The van der Waals surface area contributed by atoms with Crippen LogP contribution >= 0.6 is 0 Å². The van der Waals surface area contributed by atoms with Gasteiger partial charge in [0.1, 0.15) is 0 Å². The molecular weight excluding hydrogens is 328 g/mol. The molecule has 1 aliphatic rings. The van der Waals surface area contributed by atoms with E-state index in [1.165, 1.54) is 0 Å². The van der Waals surface area contributed by atoms with E-state index in [0.29, 0.717) is 12.2 Å². The van der Waals surface area contributed by atoms with Gasteiger partial charge in [0.05, 0.1) is 6.04 Å². The van der Waals surface area contributed by atoms with Crippen LogP contribution in [-0.2, 0) is 11.3 Å². The maximum absolute atomic E-state index is 12.1. The molecule has 1 unspecified atom stereocenters. The molecule has 6 nitrogen and oxygen atoms in total. The van der Waals surface area contributed by atoms with Crippen LogP contribution in [-0.4, -0.2) is 24.5 Å². The summed E-state index contributed by atoms with van der Waals surface area (Å²) in [6.45, 7) is 3.31. The number of urea groups is 1. The highest BCUT2D eigenvalue weighted by Crippen LogP contribution is 2.13. The lowest BCUT2D eigenvalue weighted by atomic mass is 10.2. The zero-order chi connectivity index (χ0) is 18.4. The molecule has 1 fully saturated rings. The van der Waals surface area contributed by atoms with Gasteiger partial charge in [0.15, 0.2) is 0 Å². The molecule has 4 N–H and O–H groups in total. The molecule has 0 aromatic heterocycles. The van der Waals surface area contributed by atoms with E-state index < -0.39 is 0 Å². The van der Waals surface area contributed by atoms with Crippen molar-refractivity contribution in [3.63, 3.8) is 0 Å². The highest BCUT2D eigenvalue weighted by molar-refractivity contribution is 5.99. The van der Waals surface area contributed by atoms with Gasteiger partial charge in [0.25, 0.3) is 0 Å². The molecule has 3 amide bonds. The predicted molar refractivity (Wildman–Crippen MR) is 103 cm³/mol. The number of aryl methyl sites for hydroxylation is 1. The number of rotatable bonds is 5. The Morgan fingerprint density at radius 3 is 2.50 bits per heavy atom. The molecule has 1 aliphatic heterocycles. The Kier molecular flexibility index (Phi) is 5.86. The van der Waals surface area contributed by atoms with E-state index in [1.807, 2.05) is 55.5 Å². The summed E-state index contributed by atoms with van der Waals surface area (Å²) in [4.78, 5) is 24.2. The van der Waals surface area contributed by atoms with Crippen molar-refractivity contribution in [1.29, 1.82) is 0 Å². The highest BCUT2D eigenvalue weighted by atomic mass is 16.2. The summed E-state index contributed by atoms with van der Waals surface area (Å²) in [5, 5.41) is 11.7. The first kappa shape index (κ1) is 17.9. The van der Waals surface area contributed by atoms with E-state index in [-0.39, 0.29) is 18.0 Å². The second-order valence-electron chi connectivity index (χ2n) is 6.52. The number of amides is 3. The summed E-state index contributed by atoms with van der Waals surface area (Å²) in [5.74, 6) is 0.0260. The smallest absolute Gasteiger partial charge is 0.323 e. The molecule has 0 spiro atoms. The average molecular weight is 352 g/mol. The Morgan fingerprint density at radius 1 is 1.08 bits per heavy atom. The van der Waals surface area contributed by atoms with Crippen LogP contribution in [0.15, 0.2) is 48.5 Å². The van der Waals surface area contributed by atoms with E-state index in [4.69, 9.17) is 0 Å². The van der Waals surface area contributed by atoms with Gasteiger partial charge in [-0.05, 0) is 61.7 Å². The van der Waals surface area contributed by atoms with Gasteiger partial charge < -0.3 is 21.3 Å². The van der Waals surface area contributed by atoms with Gasteiger partial charge in [0.2, 0.25) is 5.91 Å². The maximum atomic E-state index is 12.1. The Bertz CT molecular complexity index is 785. The maximum Gasteiger partial charge on any atom is 0.323 e. The molecule has 136 valence electrons. The van der Waals surface area contributed by atoms with E-state index in [0.717, 1.165) is 36.2 Å². The molecule has 1 atom stereocenters.